The van der Waals surface area contributed by atoms with Gasteiger partial charge in [0.05, 0.1) is 39.6 Å². The Morgan fingerprint density at radius 3 is 0.701 bits per heavy atom. The van der Waals surface area contributed by atoms with Crippen molar-refractivity contribution in [3.05, 3.63) is 0 Å². The molecule has 3 aliphatic heterocycles. The molecule has 45 nitrogen and oxygen atoms in total. The lowest BCUT2D eigenvalue weighted by Gasteiger charge is -2.44. The number of hydrogen-bond acceptors (Lipinski definition) is 36. The predicted octanol–water partition coefficient (Wildman–Crippen LogP) is -0.755. The van der Waals surface area contributed by atoms with Crippen molar-refractivity contribution in [3.8, 4) is 0 Å². The fourth-order valence-electron chi connectivity index (χ4n) is 13.2. The second-order valence-electron chi connectivity index (χ2n) is 30.7. The molecule has 0 aliphatic carbocycles. The van der Waals surface area contributed by atoms with Gasteiger partial charge >= 0.3 is 53.7 Å². The van der Waals surface area contributed by atoms with Crippen LogP contribution in [0.5, 0.6) is 0 Å². The highest BCUT2D eigenvalue weighted by Gasteiger charge is 2.55. The van der Waals surface area contributed by atoms with E-state index in [1.165, 1.54) is 20.8 Å². The fraction of sp³-hybridized carbons (Fsp3) is 0.780. The number of carbonyl (C=O) groups excluding carboxylic acids is 18. The van der Waals surface area contributed by atoms with Crippen molar-refractivity contribution < 1.29 is 172 Å². The molecule has 0 unspecified atom stereocenters. The van der Waals surface area contributed by atoms with Gasteiger partial charge in [-0.2, -0.15) is 0 Å². The van der Waals surface area contributed by atoms with Crippen LogP contribution >= 0.6 is 0 Å². The number of amides is 9. The van der Waals surface area contributed by atoms with E-state index in [9.17, 15) is 86.3 Å². The normalized spacial score (nSPS) is 21.9. The lowest BCUT2D eigenvalue weighted by molar-refractivity contribution is -0.277. The second-order valence-corrected chi connectivity index (χ2v) is 30.7. The van der Waals surface area contributed by atoms with Gasteiger partial charge in [0, 0.05) is 186 Å². The van der Waals surface area contributed by atoms with Gasteiger partial charge in [0.25, 0.3) is 0 Å². The van der Waals surface area contributed by atoms with Gasteiger partial charge in [-0.25, -0.2) is 0 Å². The Bertz CT molecular complexity index is 3190. The van der Waals surface area contributed by atoms with Gasteiger partial charge in [0.2, 0.25) is 53.2 Å². The first-order valence-electron chi connectivity index (χ1n) is 42.6. The van der Waals surface area contributed by atoms with Crippen LogP contribution in [-0.4, -0.2) is 317 Å². The summed E-state index contributed by atoms with van der Waals surface area (Å²) in [5, 5.41) is 24.7. The van der Waals surface area contributed by atoms with Gasteiger partial charge in [-0.1, -0.05) is 13.8 Å². The van der Waals surface area contributed by atoms with Crippen LogP contribution in [0.1, 0.15) is 193 Å². The van der Waals surface area contributed by atoms with E-state index in [2.05, 4.69) is 47.9 Å². The summed E-state index contributed by atoms with van der Waals surface area (Å²) in [4.78, 5) is 222. The van der Waals surface area contributed by atoms with E-state index >= 15 is 0 Å². The molecule has 3 fully saturated rings. The van der Waals surface area contributed by atoms with Gasteiger partial charge in [0.1, 0.15) is 56.3 Å². The minimum absolute atomic E-state index is 0.00961. The molecule has 0 aromatic rings. The predicted molar refractivity (Wildman–Crippen MR) is 437 cm³/mol. The molecular formula is C82H133N9O36. The second kappa shape index (κ2) is 61.5. The summed E-state index contributed by atoms with van der Waals surface area (Å²) >= 11 is 0. The zero-order valence-electron chi connectivity index (χ0n) is 75.3. The number of unbranched alkanes of at least 4 members (excludes halogenated alkanes) is 3. The molecule has 0 saturated carbocycles. The highest BCUT2D eigenvalue weighted by molar-refractivity contribution is 5.79. The van der Waals surface area contributed by atoms with Gasteiger partial charge < -0.3 is 133 Å². The molecule has 0 bridgehead atoms. The average molecular weight is 1820 g/mol. The summed E-state index contributed by atoms with van der Waals surface area (Å²) in [6.07, 6.45) is -11.5. The topological polar surface area (TPSA) is 582 Å². The zero-order valence-corrected chi connectivity index (χ0v) is 75.3. The molecule has 15 atom stereocenters. The maximum absolute atomic E-state index is 13.0. The Labute approximate surface area is 738 Å². The van der Waals surface area contributed by atoms with Crippen molar-refractivity contribution in [2.75, 3.05) is 119 Å². The lowest BCUT2D eigenvalue weighted by atomic mass is 9.79. The molecule has 722 valence electrons. The minimum atomic E-state index is -1.30. The summed E-state index contributed by atoms with van der Waals surface area (Å²) in [6.45, 7) is 18.0. The van der Waals surface area contributed by atoms with E-state index in [4.69, 9.17) is 85.3 Å². The van der Waals surface area contributed by atoms with Crippen LogP contribution in [-0.2, 0) is 172 Å². The number of ether oxygens (including phenoxy) is 18. The summed E-state index contributed by atoms with van der Waals surface area (Å²) in [5.41, 5.74) is -0.855. The number of carbonyl (C=O) groups is 18. The number of rotatable bonds is 61. The molecule has 0 aromatic heterocycles. The Morgan fingerprint density at radius 2 is 0.496 bits per heavy atom. The molecule has 127 heavy (non-hydrogen) atoms. The van der Waals surface area contributed by atoms with Crippen LogP contribution in [0, 0.1) is 11.3 Å². The molecule has 0 aromatic carbocycles. The monoisotopic (exact) mass is 1820 g/mol. The molecule has 0 radical (unpaired) electrons. The lowest BCUT2D eigenvalue weighted by Crippen LogP contribution is -2.66. The summed E-state index contributed by atoms with van der Waals surface area (Å²) in [7, 11) is 0. The standard InChI is InChI=1S/C82H133N9O36/c1-48(2)82(45-110-39-27-67(107)86-33-21-30-83-64(104)24-15-18-36-113-79-70(89-49(3)92)76(122-58(12)101)73(119-55(9)98)61(125-79)42-116-52(6)95,46-111-40-28-68(108)87-34-22-31-84-65(105)25-16-19-37-114-80-71(90-50(4)93)77(123-59(13)102)74(120-56(10)99)62(126-80)43-117-53(7)96)47-112-41-29-69(109)88-35-23-32-85-66(106)26-17-20-38-115-81-72(91-51(5)94)78(124-60(14)103)75(121-57(11)100)63(127-81)44-118-54(8)97/h48,61-63,70-81H,15-47H2,1-14H3,(H,83,104)(H,84,105)(H,85,106)(H,86,107)(H,87,108)(H,88,109)(H,89,92)(H,90,93)(H,91,94)/t61-,62-,63-,70-,71-,72-,73+,74+,75+,76-,77-,78-,79-,80-,81-/m1/s1. The Balaban J connectivity index is 1.51. The van der Waals surface area contributed by atoms with Crippen LogP contribution in [0.15, 0.2) is 0 Å². The molecule has 0 spiro atoms. The van der Waals surface area contributed by atoms with Crippen LogP contribution in [0.2, 0.25) is 0 Å². The van der Waals surface area contributed by atoms with Crippen molar-refractivity contribution >= 4 is 107 Å². The largest absolute Gasteiger partial charge is 0.463 e. The van der Waals surface area contributed by atoms with E-state index in [-0.39, 0.29) is 179 Å². The molecule has 9 N–H and O–H groups in total. The summed E-state index contributed by atoms with van der Waals surface area (Å²) in [6, 6.07) is -3.45. The molecule has 3 aliphatic rings. The van der Waals surface area contributed by atoms with Gasteiger partial charge in [-0.15, -0.1) is 0 Å². The van der Waals surface area contributed by atoms with Crippen molar-refractivity contribution in [1.82, 2.24) is 47.9 Å². The van der Waals surface area contributed by atoms with Crippen molar-refractivity contribution in [2.45, 2.75) is 285 Å². The van der Waals surface area contributed by atoms with Crippen LogP contribution in [0.3, 0.4) is 0 Å². The molecule has 3 heterocycles. The van der Waals surface area contributed by atoms with Crippen molar-refractivity contribution in [1.29, 1.82) is 0 Å². The van der Waals surface area contributed by atoms with Crippen molar-refractivity contribution in [2.24, 2.45) is 11.3 Å². The quantitative estimate of drug-likeness (QED) is 0.0205. The van der Waals surface area contributed by atoms with Crippen molar-refractivity contribution in [3.63, 3.8) is 0 Å². The Kier molecular flexibility index (Phi) is 53.9. The van der Waals surface area contributed by atoms with Gasteiger partial charge in [-0.3, -0.25) is 86.3 Å². The third-order valence-corrected chi connectivity index (χ3v) is 19.3. The van der Waals surface area contributed by atoms with E-state index in [0.717, 1.165) is 62.3 Å². The highest BCUT2D eigenvalue weighted by atomic mass is 16.7. The van der Waals surface area contributed by atoms with Gasteiger partial charge in [0.15, 0.2) is 55.5 Å². The number of nitrogens with one attached hydrogen (secondary N) is 9. The fourth-order valence-corrected chi connectivity index (χ4v) is 13.2. The van der Waals surface area contributed by atoms with Crippen LogP contribution in [0.25, 0.3) is 0 Å². The number of esters is 9. The number of hydrogen-bond donors (Lipinski definition) is 9. The third kappa shape index (κ3) is 47.1. The maximum atomic E-state index is 13.0. The smallest absolute Gasteiger partial charge is 0.303 e. The average Bonchev–Trinajstić information content (AvgIpc) is 0.799. The molecule has 9 amide bonds. The molecular weight excluding hydrogens is 1690 g/mol. The zero-order chi connectivity index (χ0) is 94.6. The van der Waals surface area contributed by atoms with E-state index in [1.807, 2.05) is 13.8 Å². The summed E-state index contributed by atoms with van der Waals surface area (Å²) in [5.74, 6) is -10.1. The molecule has 3 saturated heterocycles. The Hall–Kier alpha value is -9.90. The summed E-state index contributed by atoms with van der Waals surface area (Å²) < 4.78 is 102. The SMILES string of the molecule is CC(=O)N[C@H]1[C@H](OCCCCC(=O)NCCCNC(=O)CCOCC(COCCC(=O)NCCCNC(=O)CCCCO[C@@H]2O[C@H](COC(C)=O)[C@H](OC(C)=O)[C@H](OC(C)=O)[C@H]2NC(C)=O)(COCCC(=O)NCCCNC(=O)CCCCO[C@@H]2O[C@H](COC(C)=O)[C@H](OC(C)=O)[C@H](OC(C)=O)[C@H]2NC(C)=O)C(C)C)O[C@H](COC(C)=O)[C@H](OC(C)=O)[C@@H]1OC(C)=O. The first kappa shape index (κ1) is 111. The Morgan fingerprint density at radius 1 is 0.276 bits per heavy atom. The first-order valence-corrected chi connectivity index (χ1v) is 42.6. The van der Waals surface area contributed by atoms with E-state index in [0.29, 0.717) is 57.8 Å². The van der Waals surface area contributed by atoms with E-state index < -0.39 is 189 Å². The van der Waals surface area contributed by atoms with E-state index in [1.54, 1.807) is 0 Å². The maximum Gasteiger partial charge on any atom is 0.303 e. The first-order chi connectivity index (χ1) is 60.2. The molecule has 3 rings (SSSR count). The third-order valence-electron chi connectivity index (χ3n) is 19.3. The molecule has 45 heteroatoms. The van der Waals surface area contributed by atoms with Crippen LogP contribution in [0.4, 0.5) is 0 Å². The van der Waals surface area contributed by atoms with Gasteiger partial charge in [-0.05, 0) is 63.7 Å². The minimum Gasteiger partial charge on any atom is -0.463 e. The van der Waals surface area contributed by atoms with Crippen LogP contribution < -0.4 is 47.9 Å². The highest BCUT2D eigenvalue weighted by Crippen LogP contribution is 2.33.